The Morgan fingerprint density at radius 2 is 0.667 bits per heavy atom. The Hall–Kier alpha value is -2.24. The summed E-state index contributed by atoms with van der Waals surface area (Å²) in [6.45, 7) is 1.68. The van der Waals surface area contributed by atoms with Crippen LogP contribution in [-0.2, 0) is 42.9 Å². The number of aliphatic hydroxyl groups is 2. The number of hydrogen-bond donors (Lipinski definition) is 2. The number of rotatable bonds is 28. The average Bonchev–Trinajstić information content (AvgIpc) is 2.92. The molecule has 0 rings (SSSR count). The molecule has 0 bridgehead atoms. The quantitative estimate of drug-likeness (QED) is 0.0819. The fourth-order valence-electron chi connectivity index (χ4n) is 3.40. The molecule has 0 aliphatic rings. The van der Waals surface area contributed by atoms with Gasteiger partial charge in [-0.1, -0.05) is 12.8 Å². The molecule has 0 saturated carbocycles. The number of carbonyl (C=O) groups is 4. The molecule has 39 heavy (non-hydrogen) atoms. The minimum Gasteiger partial charge on any atom is -0.466 e. The standard InChI is InChI=1S/C28H50O11/c29-17-9-1-5-13-25(31)36-19-11-3-7-15-27(33)38-23-21-35-22-24-39-28(34)16-8-4-12-20-37-26(32)14-6-2-10-18-30/h29-30H,1-24H2. The van der Waals surface area contributed by atoms with Crippen LogP contribution >= 0.6 is 0 Å². The van der Waals surface area contributed by atoms with Crippen LogP contribution < -0.4 is 0 Å². The zero-order chi connectivity index (χ0) is 28.8. The Bertz CT molecular complexity index is 573. The van der Waals surface area contributed by atoms with Crippen LogP contribution in [-0.4, -0.2) is 86.9 Å². The summed E-state index contributed by atoms with van der Waals surface area (Å²) in [5.74, 6) is -1.06. The molecule has 2 N–H and O–H groups in total. The third kappa shape index (κ3) is 28.6. The van der Waals surface area contributed by atoms with Crippen LogP contribution in [0.2, 0.25) is 0 Å². The van der Waals surface area contributed by atoms with Gasteiger partial charge in [-0.3, -0.25) is 19.2 Å². The first-order chi connectivity index (χ1) is 19.0. The van der Waals surface area contributed by atoms with Gasteiger partial charge in [0, 0.05) is 38.9 Å². The summed E-state index contributed by atoms with van der Waals surface area (Å²) in [7, 11) is 0. The van der Waals surface area contributed by atoms with Crippen LogP contribution in [0.3, 0.4) is 0 Å². The number of unbranched alkanes of at least 4 members (excludes halogenated alkanes) is 8. The molecule has 0 radical (unpaired) electrons. The molecule has 11 nitrogen and oxygen atoms in total. The molecular weight excluding hydrogens is 512 g/mol. The highest BCUT2D eigenvalue weighted by atomic mass is 16.6. The van der Waals surface area contributed by atoms with E-state index < -0.39 is 0 Å². The van der Waals surface area contributed by atoms with Gasteiger partial charge in [0.2, 0.25) is 0 Å². The van der Waals surface area contributed by atoms with Crippen molar-refractivity contribution in [3.05, 3.63) is 0 Å². The molecule has 0 aromatic heterocycles. The molecular formula is C28H50O11. The molecule has 0 aliphatic heterocycles. The summed E-state index contributed by atoms with van der Waals surface area (Å²) in [5.41, 5.74) is 0. The van der Waals surface area contributed by atoms with E-state index in [1.54, 1.807) is 0 Å². The van der Waals surface area contributed by atoms with E-state index in [0.29, 0.717) is 77.4 Å². The van der Waals surface area contributed by atoms with E-state index in [9.17, 15) is 19.2 Å². The van der Waals surface area contributed by atoms with Crippen LogP contribution in [0.1, 0.15) is 103 Å². The van der Waals surface area contributed by atoms with Gasteiger partial charge in [0.1, 0.15) is 13.2 Å². The van der Waals surface area contributed by atoms with Crippen molar-refractivity contribution in [1.82, 2.24) is 0 Å². The second kappa shape index (κ2) is 28.8. The van der Waals surface area contributed by atoms with Gasteiger partial charge in [0.05, 0.1) is 26.4 Å². The Morgan fingerprint density at radius 1 is 0.359 bits per heavy atom. The summed E-state index contributed by atoms with van der Waals surface area (Å²) in [6.07, 6.45) is 9.99. The van der Waals surface area contributed by atoms with E-state index in [4.69, 9.17) is 33.9 Å². The smallest absolute Gasteiger partial charge is 0.305 e. The average molecular weight is 563 g/mol. The molecule has 0 amide bonds. The fraction of sp³-hybridized carbons (Fsp3) is 0.857. The highest BCUT2D eigenvalue weighted by molar-refractivity contribution is 5.70. The van der Waals surface area contributed by atoms with Crippen LogP contribution in [0.4, 0.5) is 0 Å². The third-order valence-electron chi connectivity index (χ3n) is 5.64. The predicted molar refractivity (Wildman–Crippen MR) is 143 cm³/mol. The lowest BCUT2D eigenvalue weighted by Gasteiger charge is -2.08. The largest absolute Gasteiger partial charge is 0.466 e. The first kappa shape index (κ1) is 36.8. The Labute approximate surface area is 232 Å². The maximum absolute atomic E-state index is 11.7. The topological polar surface area (TPSA) is 155 Å². The lowest BCUT2D eigenvalue weighted by Crippen LogP contribution is -2.14. The van der Waals surface area contributed by atoms with Crippen molar-refractivity contribution >= 4 is 23.9 Å². The molecule has 0 aromatic carbocycles. The van der Waals surface area contributed by atoms with Gasteiger partial charge in [0.15, 0.2) is 0 Å². The Kier molecular flexibility index (Phi) is 27.1. The van der Waals surface area contributed by atoms with E-state index in [-0.39, 0.29) is 63.5 Å². The number of ether oxygens (including phenoxy) is 5. The van der Waals surface area contributed by atoms with Gasteiger partial charge in [0.25, 0.3) is 0 Å². The van der Waals surface area contributed by atoms with E-state index in [1.165, 1.54) is 0 Å². The van der Waals surface area contributed by atoms with Crippen LogP contribution in [0.25, 0.3) is 0 Å². The maximum Gasteiger partial charge on any atom is 0.305 e. The molecule has 11 heteroatoms. The van der Waals surface area contributed by atoms with Gasteiger partial charge in [-0.2, -0.15) is 0 Å². The van der Waals surface area contributed by atoms with E-state index in [2.05, 4.69) is 0 Å². The zero-order valence-corrected chi connectivity index (χ0v) is 23.5. The second-order valence-corrected chi connectivity index (χ2v) is 9.18. The zero-order valence-electron chi connectivity index (χ0n) is 23.5. The molecule has 0 fully saturated rings. The first-order valence-corrected chi connectivity index (χ1v) is 14.4. The molecule has 0 aromatic rings. The summed E-state index contributed by atoms with van der Waals surface area (Å²) < 4.78 is 25.7. The number of hydrogen-bond acceptors (Lipinski definition) is 11. The van der Waals surface area contributed by atoms with E-state index >= 15 is 0 Å². The lowest BCUT2D eigenvalue weighted by atomic mass is 10.2. The molecule has 0 unspecified atom stereocenters. The predicted octanol–water partition coefficient (Wildman–Crippen LogP) is 3.40. The van der Waals surface area contributed by atoms with Crippen molar-refractivity contribution in [1.29, 1.82) is 0 Å². The normalized spacial score (nSPS) is 10.7. The lowest BCUT2D eigenvalue weighted by molar-refractivity contribution is -0.148. The Morgan fingerprint density at radius 3 is 1.00 bits per heavy atom. The van der Waals surface area contributed by atoms with E-state index in [0.717, 1.165) is 38.5 Å². The maximum atomic E-state index is 11.7. The molecule has 0 aliphatic carbocycles. The van der Waals surface area contributed by atoms with Crippen molar-refractivity contribution in [2.24, 2.45) is 0 Å². The van der Waals surface area contributed by atoms with Gasteiger partial charge >= 0.3 is 23.9 Å². The van der Waals surface area contributed by atoms with Crippen LogP contribution in [0, 0.1) is 0 Å². The second-order valence-electron chi connectivity index (χ2n) is 9.18. The molecule has 0 atom stereocenters. The number of aliphatic hydroxyl groups excluding tert-OH is 2. The Balaban J connectivity index is 3.39. The van der Waals surface area contributed by atoms with Gasteiger partial charge in [-0.05, 0) is 64.2 Å². The summed E-state index contributed by atoms with van der Waals surface area (Å²) in [4.78, 5) is 46.4. The third-order valence-corrected chi connectivity index (χ3v) is 5.64. The number of esters is 4. The summed E-state index contributed by atoms with van der Waals surface area (Å²) in [5, 5.41) is 17.4. The molecule has 0 saturated heterocycles. The summed E-state index contributed by atoms with van der Waals surface area (Å²) in [6, 6.07) is 0. The van der Waals surface area contributed by atoms with Crippen LogP contribution in [0.15, 0.2) is 0 Å². The first-order valence-electron chi connectivity index (χ1n) is 14.4. The van der Waals surface area contributed by atoms with Gasteiger partial charge in [-0.15, -0.1) is 0 Å². The highest BCUT2D eigenvalue weighted by Gasteiger charge is 2.06. The van der Waals surface area contributed by atoms with Crippen molar-refractivity contribution in [3.63, 3.8) is 0 Å². The fourth-order valence-corrected chi connectivity index (χ4v) is 3.40. The van der Waals surface area contributed by atoms with Crippen molar-refractivity contribution in [2.75, 3.05) is 52.9 Å². The van der Waals surface area contributed by atoms with Crippen molar-refractivity contribution in [3.8, 4) is 0 Å². The molecule has 228 valence electrons. The van der Waals surface area contributed by atoms with Crippen molar-refractivity contribution in [2.45, 2.75) is 103 Å². The van der Waals surface area contributed by atoms with Gasteiger partial charge in [-0.25, -0.2) is 0 Å². The highest BCUT2D eigenvalue weighted by Crippen LogP contribution is 2.06. The monoisotopic (exact) mass is 562 g/mol. The van der Waals surface area contributed by atoms with E-state index in [1.807, 2.05) is 0 Å². The summed E-state index contributed by atoms with van der Waals surface area (Å²) >= 11 is 0. The minimum atomic E-state index is -0.307. The number of carbonyl (C=O) groups excluding carboxylic acids is 4. The molecule has 0 spiro atoms. The minimum absolute atomic E-state index is 0.133. The SMILES string of the molecule is O=C(CCCCCO)OCCCCCC(=O)OCCOCCOC(=O)CCCCCOC(=O)CCCCCO. The molecule has 0 heterocycles. The van der Waals surface area contributed by atoms with Crippen molar-refractivity contribution < 1.29 is 53.1 Å². The van der Waals surface area contributed by atoms with Gasteiger partial charge < -0.3 is 33.9 Å². The van der Waals surface area contributed by atoms with Crippen LogP contribution in [0.5, 0.6) is 0 Å².